The number of hydrogen-bond acceptors (Lipinski definition) is 4. The molecule has 0 atom stereocenters. The van der Waals surface area contributed by atoms with Crippen molar-refractivity contribution in [1.29, 1.82) is 0 Å². The molecule has 0 aliphatic heterocycles. The van der Waals surface area contributed by atoms with E-state index in [0.717, 1.165) is 0 Å². The first-order valence-corrected chi connectivity index (χ1v) is 7.31. The lowest BCUT2D eigenvalue weighted by Gasteiger charge is -2.08. The van der Waals surface area contributed by atoms with Gasteiger partial charge in [-0.25, -0.2) is 0 Å². The summed E-state index contributed by atoms with van der Waals surface area (Å²) in [5, 5.41) is 13.9. The van der Waals surface area contributed by atoms with Gasteiger partial charge < -0.3 is 10.1 Å². The number of non-ortho nitro benzene ring substituents is 1. The average molecular weight is 335 g/mol. The molecule has 0 heterocycles. The van der Waals surface area contributed by atoms with Crippen LogP contribution >= 0.6 is 11.6 Å². The van der Waals surface area contributed by atoms with Crippen molar-refractivity contribution in [2.75, 3.05) is 13.2 Å². The summed E-state index contributed by atoms with van der Waals surface area (Å²) in [6.45, 7) is 0.710. The summed E-state index contributed by atoms with van der Waals surface area (Å²) < 4.78 is 5.46. The Bertz CT molecular complexity index is 671. The number of nitrogens with zero attached hydrogens (tertiary/aromatic N) is 1. The van der Waals surface area contributed by atoms with Crippen molar-refractivity contribution >= 4 is 23.2 Å². The van der Waals surface area contributed by atoms with Crippen molar-refractivity contribution in [3.63, 3.8) is 0 Å². The van der Waals surface area contributed by atoms with Crippen LogP contribution in [0.2, 0.25) is 5.02 Å². The van der Waals surface area contributed by atoms with Gasteiger partial charge in [-0.3, -0.25) is 14.9 Å². The van der Waals surface area contributed by atoms with E-state index in [1.807, 2.05) is 0 Å². The van der Waals surface area contributed by atoms with Gasteiger partial charge in [0.25, 0.3) is 5.69 Å². The number of ether oxygens (including phenoxy) is 1. The van der Waals surface area contributed by atoms with Crippen LogP contribution in [0.25, 0.3) is 0 Å². The molecular weight excluding hydrogens is 320 g/mol. The molecule has 23 heavy (non-hydrogen) atoms. The number of carbonyl (C=O) groups excluding carboxylic acids is 1. The third-order valence-corrected chi connectivity index (χ3v) is 3.27. The number of nitro benzene ring substituents is 1. The summed E-state index contributed by atoms with van der Waals surface area (Å²) in [7, 11) is 0. The fourth-order valence-electron chi connectivity index (χ4n) is 1.87. The van der Waals surface area contributed by atoms with Gasteiger partial charge >= 0.3 is 0 Å². The summed E-state index contributed by atoms with van der Waals surface area (Å²) in [5.41, 5.74) is 0.720. The van der Waals surface area contributed by atoms with Crippen LogP contribution in [-0.2, 0) is 11.2 Å². The summed E-state index contributed by atoms with van der Waals surface area (Å²) in [6.07, 6.45) is 0.166. The van der Waals surface area contributed by atoms with Gasteiger partial charge in [0.1, 0.15) is 12.4 Å². The smallest absolute Gasteiger partial charge is 0.269 e. The lowest BCUT2D eigenvalue weighted by molar-refractivity contribution is -0.384. The Labute approximate surface area is 138 Å². The molecule has 0 bridgehead atoms. The minimum atomic E-state index is -0.474. The van der Waals surface area contributed by atoms with Gasteiger partial charge in [0.2, 0.25) is 5.91 Å². The highest BCUT2D eigenvalue weighted by Crippen LogP contribution is 2.15. The standard InChI is InChI=1S/C16H15ClN2O4/c17-13-3-7-15(8-4-13)23-10-9-18-16(20)11-12-1-5-14(6-2-12)19(21)22/h1-8H,9-11H2,(H,18,20). The summed E-state index contributed by atoms with van der Waals surface area (Å²) >= 11 is 5.77. The molecule has 1 N–H and O–H groups in total. The first kappa shape index (κ1) is 16.8. The van der Waals surface area contributed by atoms with E-state index in [1.54, 1.807) is 36.4 Å². The Morgan fingerprint density at radius 1 is 1.13 bits per heavy atom. The van der Waals surface area contributed by atoms with Gasteiger partial charge in [-0.05, 0) is 29.8 Å². The first-order chi connectivity index (χ1) is 11.0. The number of amides is 1. The van der Waals surface area contributed by atoms with Crippen LogP contribution in [-0.4, -0.2) is 24.0 Å². The number of rotatable bonds is 7. The Balaban J connectivity index is 1.70. The predicted octanol–water partition coefficient (Wildman–Crippen LogP) is 2.99. The van der Waals surface area contributed by atoms with E-state index in [2.05, 4.69) is 5.32 Å². The average Bonchev–Trinajstić information content (AvgIpc) is 2.54. The summed E-state index contributed by atoms with van der Waals surface area (Å²) in [5.74, 6) is 0.512. The van der Waals surface area contributed by atoms with Crippen molar-refractivity contribution in [3.05, 3.63) is 69.2 Å². The number of benzene rings is 2. The lowest BCUT2D eigenvalue weighted by atomic mass is 10.1. The van der Waals surface area contributed by atoms with Crippen LogP contribution in [0.5, 0.6) is 5.75 Å². The molecule has 0 saturated heterocycles. The zero-order chi connectivity index (χ0) is 16.7. The predicted molar refractivity (Wildman–Crippen MR) is 86.8 cm³/mol. The fourth-order valence-corrected chi connectivity index (χ4v) is 2.00. The SMILES string of the molecule is O=C(Cc1ccc([N+](=O)[O-])cc1)NCCOc1ccc(Cl)cc1. The molecule has 2 aromatic carbocycles. The number of nitro groups is 1. The highest BCUT2D eigenvalue weighted by Gasteiger charge is 2.07. The number of hydrogen-bond donors (Lipinski definition) is 1. The molecule has 1 amide bonds. The molecule has 2 aromatic rings. The van der Waals surface area contributed by atoms with E-state index < -0.39 is 4.92 Å². The van der Waals surface area contributed by atoms with Crippen molar-refractivity contribution in [3.8, 4) is 5.75 Å². The third-order valence-electron chi connectivity index (χ3n) is 3.02. The summed E-state index contributed by atoms with van der Waals surface area (Å²) in [6, 6.07) is 12.9. The molecule has 120 valence electrons. The van der Waals surface area contributed by atoms with E-state index in [4.69, 9.17) is 16.3 Å². The van der Waals surface area contributed by atoms with Gasteiger partial charge in [0.15, 0.2) is 0 Å². The van der Waals surface area contributed by atoms with E-state index in [-0.39, 0.29) is 18.0 Å². The largest absolute Gasteiger partial charge is 0.492 e. The van der Waals surface area contributed by atoms with Crippen molar-refractivity contribution in [2.45, 2.75) is 6.42 Å². The Kier molecular flexibility index (Phi) is 5.94. The van der Waals surface area contributed by atoms with Crippen LogP contribution in [0, 0.1) is 10.1 Å². The highest BCUT2D eigenvalue weighted by atomic mass is 35.5. The molecule has 0 radical (unpaired) electrons. The van der Waals surface area contributed by atoms with Gasteiger partial charge in [0.05, 0.1) is 17.9 Å². The maximum Gasteiger partial charge on any atom is 0.269 e. The zero-order valence-electron chi connectivity index (χ0n) is 12.2. The number of carbonyl (C=O) groups is 1. The zero-order valence-corrected chi connectivity index (χ0v) is 13.0. The van der Waals surface area contributed by atoms with Crippen LogP contribution in [0.15, 0.2) is 48.5 Å². The number of nitrogens with one attached hydrogen (secondary N) is 1. The van der Waals surface area contributed by atoms with Gasteiger partial charge in [0, 0.05) is 17.2 Å². The van der Waals surface area contributed by atoms with Crippen molar-refractivity contribution < 1.29 is 14.5 Å². The van der Waals surface area contributed by atoms with E-state index in [0.29, 0.717) is 29.5 Å². The minimum absolute atomic E-state index is 0.00511. The molecule has 0 aromatic heterocycles. The Hall–Kier alpha value is -2.60. The first-order valence-electron chi connectivity index (χ1n) is 6.93. The van der Waals surface area contributed by atoms with E-state index in [9.17, 15) is 14.9 Å². The quantitative estimate of drug-likeness (QED) is 0.479. The number of halogens is 1. The monoisotopic (exact) mass is 334 g/mol. The molecule has 0 unspecified atom stereocenters. The van der Waals surface area contributed by atoms with Crippen LogP contribution < -0.4 is 10.1 Å². The lowest BCUT2D eigenvalue weighted by Crippen LogP contribution is -2.29. The molecule has 0 fully saturated rings. The van der Waals surface area contributed by atoms with E-state index in [1.165, 1.54) is 12.1 Å². The van der Waals surface area contributed by atoms with Crippen molar-refractivity contribution in [2.24, 2.45) is 0 Å². The Morgan fingerprint density at radius 2 is 1.78 bits per heavy atom. The Morgan fingerprint density at radius 3 is 2.39 bits per heavy atom. The van der Waals surface area contributed by atoms with Gasteiger partial charge in [-0.1, -0.05) is 23.7 Å². The molecule has 6 nitrogen and oxygen atoms in total. The second-order valence-electron chi connectivity index (χ2n) is 4.75. The topological polar surface area (TPSA) is 81.5 Å². The molecule has 7 heteroatoms. The normalized spacial score (nSPS) is 10.1. The molecule has 0 aliphatic carbocycles. The summed E-state index contributed by atoms with van der Waals surface area (Å²) in [4.78, 5) is 21.8. The van der Waals surface area contributed by atoms with Crippen molar-refractivity contribution in [1.82, 2.24) is 5.32 Å². The van der Waals surface area contributed by atoms with Crippen LogP contribution in [0.1, 0.15) is 5.56 Å². The highest BCUT2D eigenvalue weighted by molar-refractivity contribution is 6.30. The maximum absolute atomic E-state index is 11.8. The second kappa shape index (κ2) is 8.14. The molecule has 0 aliphatic rings. The molecular formula is C16H15ClN2O4. The molecule has 0 spiro atoms. The fraction of sp³-hybridized carbons (Fsp3) is 0.188. The third kappa shape index (κ3) is 5.60. The van der Waals surface area contributed by atoms with Gasteiger partial charge in [-0.2, -0.15) is 0 Å². The van der Waals surface area contributed by atoms with E-state index >= 15 is 0 Å². The van der Waals surface area contributed by atoms with Gasteiger partial charge in [-0.15, -0.1) is 0 Å². The molecule has 0 saturated carbocycles. The van der Waals surface area contributed by atoms with Crippen LogP contribution in [0.3, 0.4) is 0 Å². The maximum atomic E-state index is 11.8. The second-order valence-corrected chi connectivity index (χ2v) is 5.19. The molecule has 2 rings (SSSR count). The minimum Gasteiger partial charge on any atom is -0.492 e. The van der Waals surface area contributed by atoms with Crippen LogP contribution in [0.4, 0.5) is 5.69 Å².